The van der Waals surface area contributed by atoms with Crippen LogP contribution in [0, 0.1) is 5.92 Å². The van der Waals surface area contributed by atoms with Crippen molar-refractivity contribution in [1.82, 2.24) is 15.4 Å². The number of halogens is 2. The number of carbonyl (C=O) groups excluding carboxylic acids is 1. The van der Waals surface area contributed by atoms with Crippen LogP contribution in [0.3, 0.4) is 0 Å². The summed E-state index contributed by atoms with van der Waals surface area (Å²) in [5, 5.41) is 3.90. The Morgan fingerprint density at radius 3 is 2.68 bits per heavy atom. The lowest BCUT2D eigenvalue weighted by molar-refractivity contribution is -0.0390. The van der Waals surface area contributed by atoms with E-state index in [9.17, 15) is 13.6 Å². The lowest BCUT2D eigenvalue weighted by Gasteiger charge is -2.25. The Morgan fingerprint density at radius 2 is 2.00 bits per heavy atom. The normalized spacial score (nSPS) is 16.8. The lowest BCUT2D eigenvalue weighted by Crippen LogP contribution is -2.26. The number of nitrogens with one attached hydrogen (secondary N) is 1. The maximum absolute atomic E-state index is 13.2. The molecule has 0 aliphatic heterocycles. The number of benzene rings is 1. The van der Waals surface area contributed by atoms with Crippen molar-refractivity contribution < 1.29 is 18.3 Å². The third kappa shape index (κ3) is 5.31. The molecule has 1 aromatic carbocycles. The first kappa shape index (κ1) is 19.9. The minimum Gasteiger partial charge on any atom is -0.494 e. The molecule has 1 saturated carbocycles. The molecule has 0 unspecified atom stereocenters. The van der Waals surface area contributed by atoms with Crippen molar-refractivity contribution in [2.45, 2.75) is 38.5 Å². The predicted octanol–water partition coefficient (Wildman–Crippen LogP) is 4.08. The molecule has 148 valence electrons. The molecular formula is C20H22F2N4O2. The molecule has 1 amide bonds. The van der Waals surface area contributed by atoms with E-state index < -0.39 is 11.8 Å². The summed E-state index contributed by atoms with van der Waals surface area (Å²) in [7, 11) is 0. The number of hydrogen-bond acceptors (Lipinski definition) is 5. The Labute approximate surface area is 162 Å². The average molecular weight is 388 g/mol. The second-order valence-corrected chi connectivity index (χ2v) is 6.66. The molecule has 3 rings (SSSR count). The zero-order valence-corrected chi connectivity index (χ0v) is 15.6. The predicted molar refractivity (Wildman–Crippen MR) is 102 cm³/mol. The van der Waals surface area contributed by atoms with Crippen LogP contribution in [0.5, 0.6) is 5.75 Å². The maximum Gasteiger partial charge on any atom is 0.291 e. The van der Waals surface area contributed by atoms with Crippen LogP contribution in [0.4, 0.5) is 8.78 Å². The number of amides is 1. The van der Waals surface area contributed by atoms with Gasteiger partial charge in [-0.2, -0.15) is 5.10 Å². The quantitative estimate of drug-likeness (QED) is 0.597. The minimum atomic E-state index is -2.58. The monoisotopic (exact) mass is 388 g/mol. The van der Waals surface area contributed by atoms with Crippen LogP contribution >= 0.6 is 0 Å². The average Bonchev–Trinajstić information content (AvgIpc) is 2.70. The fourth-order valence-electron chi connectivity index (χ4n) is 2.97. The van der Waals surface area contributed by atoms with Gasteiger partial charge in [-0.1, -0.05) is 0 Å². The number of ether oxygens (including phenoxy) is 1. The Bertz CT molecular complexity index is 830. The van der Waals surface area contributed by atoms with Gasteiger partial charge in [0.1, 0.15) is 11.4 Å². The third-order valence-corrected chi connectivity index (χ3v) is 4.54. The fraction of sp³-hybridized carbons (Fsp3) is 0.400. The van der Waals surface area contributed by atoms with Crippen molar-refractivity contribution in [2.24, 2.45) is 11.0 Å². The standard InChI is InChI=1S/C20H22F2N4O2/c1-2-28-16-5-3-15(4-6-16)17-12-23-13-18(25-17)19(27)26-24-11-14-7-9-20(21,22)10-8-14/h3-6,11-14H,2,7-10H2,1H3,(H,26,27). The Morgan fingerprint density at radius 1 is 1.29 bits per heavy atom. The van der Waals surface area contributed by atoms with Gasteiger partial charge in [-0.15, -0.1) is 0 Å². The summed E-state index contributed by atoms with van der Waals surface area (Å²) in [5.74, 6) is -2.38. The molecule has 0 saturated heterocycles. The summed E-state index contributed by atoms with van der Waals surface area (Å²) in [5.41, 5.74) is 3.87. The number of aromatic nitrogens is 2. The fourth-order valence-corrected chi connectivity index (χ4v) is 2.97. The van der Waals surface area contributed by atoms with Gasteiger partial charge in [-0.25, -0.2) is 19.2 Å². The second-order valence-electron chi connectivity index (χ2n) is 6.66. The van der Waals surface area contributed by atoms with E-state index in [0.717, 1.165) is 11.3 Å². The van der Waals surface area contributed by atoms with Gasteiger partial charge < -0.3 is 4.74 Å². The molecule has 1 aliphatic carbocycles. The highest BCUT2D eigenvalue weighted by atomic mass is 19.3. The highest BCUT2D eigenvalue weighted by Gasteiger charge is 2.34. The van der Waals surface area contributed by atoms with Crippen molar-refractivity contribution in [3.63, 3.8) is 0 Å². The van der Waals surface area contributed by atoms with Crippen molar-refractivity contribution >= 4 is 12.1 Å². The van der Waals surface area contributed by atoms with Gasteiger partial charge in [0.25, 0.3) is 5.91 Å². The molecule has 1 heterocycles. The van der Waals surface area contributed by atoms with Gasteiger partial charge in [-0.3, -0.25) is 9.78 Å². The summed E-state index contributed by atoms with van der Waals surface area (Å²) in [6.07, 6.45) is 4.87. The Hall–Kier alpha value is -2.90. The maximum atomic E-state index is 13.2. The molecule has 0 atom stereocenters. The number of nitrogens with zero attached hydrogens (tertiary/aromatic N) is 3. The van der Waals surface area contributed by atoms with Gasteiger partial charge in [-0.05, 0) is 49.9 Å². The Kier molecular flexibility index (Phi) is 6.28. The summed E-state index contributed by atoms with van der Waals surface area (Å²) < 4.78 is 31.7. The second kappa shape index (κ2) is 8.86. The van der Waals surface area contributed by atoms with Crippen LogP contribution in [-0.2, 0) is 0 Å². The number of alkyl halides is 2. The van der Waals surface area contributed by atoms with Crippen molar-refractivity contribution in [3.8, 4) is 17.0 Å². The van der Waals surface area contributed by atoms with Crippen LogP contribution in [0.25, 0.3) is 11.3 Å². The molecule has 1 fully saturated rings. The molecule has 1 aliphatic rings. The van der Waals surface area contributed by atoms with Crippen molar-refractivity contribution in [2.75, 3.05) is 6.61 Å². The lowest BCUT2D eigenvalue weighted by atomic mass is 9.88. The van der Waals surface area contributed by atoms with Crippen molar-refractivity contribution in [1.29, 1.82) is 0 Å². The highest BCUT2D eigenvalue weighted by molar-refractivity contribution is 5.92. The smallest absolute Gasteiger partial charge is 0.291 e. The zero-order chi connectivity index (χ0) is 20.0. The van der Waals surface area contributed by atoms with E-state index in [1.807, 2.05) is 31.2 Å². The topological polar surface area (TPSA) is 76.5 Å². The minimum absolute atomic E-state index is 0.0544. The number of rotatable bonds is 6. The van der Waals surface area contributed by atoms with Gasteiger partial charge >= 0.3 is 0 Å². The van der Waals surface area contributed by atoms with E-state index >= 15 is 0 Å². The Balaban J connectivity index is 1.60. The van der Waals surface area contributed by atoms with E-state index in [1.165, 1.54) is 12.4 Å². The molecule has 2 aromatic rings. The van der Waals surface area contributed by atoms with Crippen LogP contribution in [0.15, 0.2) is 41.8 Å². The SMILES string of the molecule is CCOc1ccc(-c2cncc(C(=O)NN=CC3CCC(F)(F)CC3)n2)cc1. The molecule has 0 radical (unpaired) electrons. The van der Waals surface area contributed by atoms with Crippen LogP contribution < -0.4 is 10.2 Å². The number of hydrazone groups is 1. The van der Waals surface area contributed by atoms with Gasteiger partial charge in [0.05, 0.1) is 24.7 Å². The summed E-state index contributed by atoms with van der Waals surface area (Å²) in [4.78, 5) is 20.6. The van der Waals surface area contributed by atoms with Crippen LogP contribution in [0.2, 0.25) is 0 Å². The largest absolute Gasteiger partial charge is 0.494 e. The highest BCUT2D eigenvalue weighted by Crippen LogP contribution is 2.35. The van der Waals surface area contributed by atoms with E-state index in [-0.39, 0.29) is 24.5 Å². The summed E-state index contributed by atoms with van der Waals surface area (Å²) >= 11 is 0. The first-order valence-electron chi connectivity index (χ1n) is 9.23. The molecule has 6 nitrogen and oxygen atoms in total. The van der Waals surface area contributed by atoms with Crippen LogP contribution in [0.1, 0.15) is 43.1 Å². The number of hydrogen-bond donors (Lipinski definition) is 1. The summed E-state index contributed by atoms with van der Waals surface area (Å²) in [6.45, 7) is 2.49. The molecule has 1 N–H and O–H groups in total. The zero-order valence-electron chi connectivity index (χ0n) is 15.6. The molecule has 0 spiro atoms. The molecule has 1 aromatic heterocycles. The van der Waals surface area contributed by atoms with Crippen LogP contribution in [-0.4, -0.2) is 34.6 Å². The summed E-state index contributed by atoms with van der Waals surface area (Å²) in [6, 6.07) is 7.33. The van der Waals surface area contributed by atoms with Crippen molar-refractivity contribution in [3.05, 3.63) is 42.4 Å². The van der Waals surface area contributed by atoms with E-state index in [1.54, 1.807) is 6.20 Å². The third-order valence-electron chi connectivity index (χ3n) is 4.54. The number of carbonyl (C=O) groups is 1. The molecule has 0 bridgehead atoms. The molecule has 28 heavy (non-hydrogen) atoms. The van der Waals surface area contributed by atoms with E-state index in [0.29, 0.717) is 25.1 Å². The molecular weight excluding hydrogens is 366 g/mol. The molecule has 8 heteroatoms. The van der Waals surface area contributed by atoms with E-state index in [4.69, 9.17) is 4.74 Å². The van der Waals surface area contributed by atoms with Gasteiger partial charge in [0.2, 0.25) is 5.92 Å². The first-order valence-corrected chi connectivity index (χ1v) is 9.23. The first-order chi connectivity index (χ1) is 13.5. The van der Waals surface area contributed by atoms with Gasteiger partial charge in [0.15, 0.2) is 0 Å². The van der Waals surface area contributed by atoms with E-state index in [2.05, 4.69) is 20.5 Å². The van der Waals surface area contributed by atoms with Gasteiger partial charge in [0, 0.05) is 24.6 Å².